The smallest absolute Gasteiger partial charge is 0.250 e. The molecule has 21 heavy (non-hydrogen) atoms. The Balaban J connectivity index is 2.31. The second-order valence-corrected chi connectivity index (χ2v) is 5.78. The van der Waals surface area contributed by atoms with Crippen LogP contribution < -0.4 is 15.8 Å². The molecular formula is C17H20N2O2. The summed E-state index contributed by atoms with van der Waals surface area (Å²) >= 11 is 0. The largest absolute Gasteiger partial charge is 0.488 e. The Morgan fingerprint density at radius 3 is 2.33 bits per heavy atom. The summed E-state index contributed by atoms with van der Waals surface area (Å²) in [6, 6.07) is 14.9. The van der Waals surface area contributed by atoms with E-state index in [0.29, 0.717) is 17.0 Å². The number of benzene rings is 2. The highest BCUT2D eigenvalue weighted by molar-refractivity contribution is 5.99. The van der Waals surface area contributed by atoms with Crippen LogP contribution in [0.4, 0.5) is 11.4 Å². The summed E-state index contributed by atoms with van der Waals surface area (Å²) in [5.74, 6) is 0.128. The Morgan fingerprint density at radius 1 is 1.10 bits per heavy atom. The Labute approximate surface area is 124 Å². The van der Waals surface area contributed by atoms with E-state index in [4.69, 9.17) is 10.5 Å². The van der Waals surface area contributed by atoms with Crippen LogP contribution in [0.1, 0.15) is 31.1 Å². The molecule has 2 aromatic rings. The lowest BCUT2D eigenvalue weighted by molar-refractivity contribution is 0.0997. The molecule has 0 saturated heterocycles. The van der Waals surface area contributed by atoms with Crippen molar-refractivity contribution in [3.8, 4) is 5.75 Å². The molecule has 0 radical (unpaired) electrons. The van der Waals surface area contributed by atoms with Gasteiger partial charge >= 0.3 is 0 Å². The van der Waals surface area contributed by atoms with Gasteiger partial charge in [0.15, 0.2) is 0 Å². The van der Waals surface area contributed by atoms with Crippen molar-refractivity contribution in [3.63, 3.8) is 0 Å². The van der Waals surface area contributed by atoms with Gasteiger partial charge < -0.3 is 15.8 Å². The number of rotatable bonds is 4. The molecule has 4 nitrogen and oxygen atoms in total. The molecule has 0 aliphatic rings. The molecule has 4 heteroatoms. The SMILES string of the molecule is CC(C)(C)Oc1ccc(Nc2ccccc2)c(C(N)=O)c1. The number of primary amides is 1. The highest BCUT2D eigenvalue weighted by Crippen LogP contribution is 2.27. The van der Waals surface area contributed by atoms with Gasteiger partial charge in [0, 0.05) is 5.69 Å². The molecule has 0 fully saturated rings. The fraction of sp³-hybridized carbons (Fsp3) is 0.235. The first-order valence-corrected chi connectivity index (χ1v) is 6.80. The Morgan fingerprint density at radius 2 is 1.76 bits per heavy atom. The van der Waals surface area contributed by atoms with E-state index in [1.165, 1.54) is 0 Å². The van der Waals surface area contributed by atoms with Gasteiger partial charge in [-0.05, 0) is 51.1 Å². The first-order chi connectivity index (χ1) is 9.85. The average Bonchev–Trinajstić information content (AvgIpc) is 2.40. The molecule has 0 unspecified atom stereocenters. The molecular weight excluding hydrogens is 264 g/mol. The Hall–Kier alpha value is -2.49. The number of para-hydroxylation sites is 1. The molecule has 3 N–H and O–H groups in total. The van der Waals surface area contributed by atoms with Gasteiger partial charge in [-0.2, -0.15) is 0 Å². The van der Waals surface area contributed by atoms with Crippen LogP contribution in [0.5, 0.6) is 5.75 Å². The van der Waals surface area contributed by atoms with E-state index >= 15 is 0 Å². The van der Waals surface area contributed by atoms with Crippen LogP contribution in [0.15, 0.2) is 48.5 Å². The van der Waals surface area contributed by atoms with Gasteiger partial charge in [0.1, 0.15) is 11.4 Å². The second-order valence-electron chi connectivity index (χ2n) is 5.78. The molecule has 2 rings (SSSR count). The maximum atomic E-state index is 11.7. The van der Waals surface area contributed by atoms with Gasteiger partial charge in [-0.15, -0.1) is 0 Å². The molecule has 0 aliphatic heterocycles. The third kappa shape index (κ3) is 4.24. The van der Waals surface area contributed by atoms with Crippen LogP contribution in [-0.2, 0) is 0 Å². The lowest BCUT2D eigenvalue weighted by atomic mass is 10.1. The van der Waals surface area contributed by atoms with E-state index < -0.39 is 5.91 Å². The minimum atomic E-state index is -0.493. The molecule has 110 valence electrons. The van der Waals surface area contributed by atoms with E-state index in [-0.39, 0.29) is 5.60 Å². The summed E-state index contributed by atoms with van der Waals surface area (Å²) in [5, 5.41) is 3.19. The summed E-state index contributed by atoms with van der Waals surface area (Å²) < 4.78 is 5.76. The zero-order chi connectivity index (χ0) is 15.5. The highest BCUT2D eigenvalue weighted by Gasteiger charge is 2.15. The number of nitrogens with one attached hydrogen (secondary N) is 1. The number of anilines is 2. The van der Waals surface area contributed by atoms with E-state index in [9.17, 15) is 4.79 Å². The summed E-state index contributed by atoms with van der Waals surface area (Å²) in [7, 11) is 0. The molecule has 0 atom stereocenters. The standard InChI is InChI=1S/C17H20N2O2/c1-17(2,3)21-13-9-10-15(14(11-13)16(18)20)19-12-7-5-4-6-8-12/h4-11,19H,1-3H3,(H2,18,20). The zero-order valence-corrected chi connectivity index (χ0v) is 12.5. The molecule has 0 aromatic heterocycles. The first-order valence-electron chi connectivity index (χ1n) is 6.80. The molecule has 1 amide bonds. The topological polar surface area (TPSA) is 64.3 Å². The van der Waals surface area contributed by atoms with Crippen molar-refractivity contribution < 1.29 is 9.53 Å². The van der Waals surface area contributed by atoms with E-state index in [1.54, 1.807) is 12.1 Å². The van der Waals surface area contributed by atoms with Crippen molar-refractivity contribution in [2.45, 2.75) is 26.4 Å². The third-order valence-corrected chi connectivity index (χ3v) is 2.73. The van der Waals surface area contributed by atoms with Crippen LogP contribution in [-0.4, -0.2) is 11.5 Å². The van der Waals surface area contributed by atoms with Crippen LogP contribution >= 0.6 is 0 Å². The predicted molar refractivity (Wildman–Crippen MR) is 85.1 cm³/mol. The normalized spacial score (nSPS) is 11.0. The van der Waals surface area contributed by atoms with E-state index in [1.807, 2.05) is 57.2 Å². The van der Waals surface area contributed by atoms with Crippen LogP contribution in [0.25, 0.3) is 0 Å². The molecule has 0 saturated carbocycles. The molecule has 0 spiro atoms. The Bertz CT molecular complexity index is 631. The molecule has 0 heterocycles. The quantitative estimate of drug-likeness (QED) is 0.899. The number of hydrogen-bond acceptors (Lipinski definition) is 3. The third-order valence-electron chi connectivity index (χ3n) is 2.73. The molecule has 0 aliphatic carbocycles. The fourth-order valence-corrected chi connectivity index (χ4v) is 1.93. The number of amides is 1. The van der Waals surface area contributed by atoms with Crippen LogP contribution in [0.3, 0.4) is 0 Å². The average molecular weight is 284 g/mol. The lowest BCUT2D eigenvalue weighted by Gasteiger charge is -2.22. The monoisotopic (exact) mass is 284 g/mol. The number of hydrogen-bond donors (Lipinski definition) is 2. The van der Waals surface area contributed by atoms with Gasteiger partial charge in [0.2, 0.25) is 0 Å². The molecule has 0 bridgehead atoms. The minimum absolute atomic E-state index is 0.330. The van der Waals surface area contributed by atoms with Crippen LogP contribution in [0.2, 0.25) is 0 Å². The van der Waals surface area contributed by atoms with Crippen molar-refractivity contribution in [1.29, 1.82) is 0 Å². The second kappa shape index (κ2) is 5.87. The van der Waals surface area contributed by atoms with Crippen molar-refractivity contribution in [2.75, 3.05) is 5.32 Å². The maximum absolute atomic E-state index is 11.7. The van der Waals surface area contributed by atoms with Crippen LogP contribution in [0, 0.1) is 0 Å². The van der Waals surface area contributed by atoms with E-state index in [0.717, 1.165) is 5.69 Å². The van der Waals surface area contributed by atoms with E-state index in [2.05, 4.69) is 5.32 Å². The fourth-order valence-electron chi connectivity index (χ4n) is 1.93. The minimum Gasteiger partial charge on any atom is -0.488 e. The summed E-state index contributed by atoms with van der Waals surface area (Å²) in [4.78, 5) is 11.7. The van der Waals surface area contributed by atoms with Gasteiger partial charge in [-0.1, -0.05) is 18.2 Å². The lowest BCUT2D eigenvalue weighted by Crippen LogP contribution is -2.23. The summed E-state index contributed by atoms with van der Waals surface area (Å²) in [5.41, 5.74) is 7.09. The predicted octanol–water partition coefficient (Wildman–Crippen LogP) is 3.71. The van der Waals surface area contributed by atoms with Gasteiger partial charge in [0.25, 0.3) is 5.91 Å². The van der Waals surface area contributed by atoms with Crippen molar-refractivity contribution >= 4 is 17.3 Å². The van der Waals surface area contributed by atoms with Crippen molar-refractivity contribution in [2.24, 2.45) is 5.73 Å². The van der Waals surface area contributed by atoms with Gasteiger partial charge in [-0.25, -0.2) is 0 Å². The molecule has 2 aromatic carbocycles. The zero-order valence-electron chi connectivity index (χ0n) is 12.5. The maximum Gasteiger partial charge on any atom is 0.250 e. The number of nitrogens with two attached hydrogens (primary N) is 1. The first kappa shape index (κ1) is 14.9. The Kier molecular flexibility index (Phi) is 4.17. The number of carbonyl (C=O) groups is 1. The number of ether oxygens (including phenoxy) is 1. The number of carbonyl (C=O) groups excluding carboxylic acids is 1. The van der Waals surface area contributed by atoms with Crippen molar-refractivity contribution in [3.05, 3.63) is 54.1 Å². The summed E-state index contributed by atoms with van der Waals surface area (Å²) in [6.45, 7) is 5.85. The summed E-state index contributed by atoms with van der Waals surface area (Å²) in [6.07, 6.45) is 0. The van der Waals surface area contributed by atoms with Crippen molar-refractivity contribution in [1.82, 2.24) is 0 Å². The van der Waals surface area contributed by atoms with Gasteiger partial charge in [0.05, 0.1) is 11.3 Å². The highest BCUT2D eigenvalue weighted by atomic mass is 16.5. The van der Waals surface area contributed by atoms with Gasteiger partial charge in [-0.3, -0.25) is 4.79 Å².